The number of alkyl halides is 2. The van der Waals surface area contributed by atoms with Crippen LogP contribution in [0.5, 0.6) is 0 Å². The van der Waals surface area contributed by atoms with Crippen molar-refractivity contribution >= 4 is 40.6 Å². The van der Waals surface area contributed by atoms with Gasteiger partial charge in [-0.3, -0.25) is 4.79 Å². The van der Waals surface area contributed by atoms with Crippen molar-refractivity contribution in [1.82, 2.24) is 0 Å². The normalized spacial score (nSPS) is 10.5. The predicted molar refractivity (Wildman–Crippen MR) is 88.6 cm³/mol. The smallest absolute Gasteiger partial charge is 0.288 e. The molecule has 114 valence electrons. The number of benzene rings is 2. The number of carbonyl (C=O) groups excluding carboxylic acids is 1. The zero-order chi connectivity index (χ0) is 16.1. The molecule has 0 aliphatic rings. The molecule has 22 heavy (non-hydrogen) atoms. The topological polar surface area (TPSA) is 55.1 Å². The summed E-state index contributed by atoms with van der Waals surface area (Å²) in [4.78, 5) is 12.8. The number of halogens is 2. The van der Waals surface area contributed by atoms with Gasteiger partial charge in [0.2, 0.25) is 0 Å². The lowest BCUT2D eigenvalue weighted by molar-refractivity contribution is 0.102. The molecule has 7 heteroatoms. The Hall–Kier alpha value is -1.99. The minimum atomic E-state index is -2.47. The van der Waals surface area contributed by atoms with E-state index in [4.69, 9.17) is 18.0 Å². The Balaban J connectivity index is 2.03. The van der Waals surface area contributed by atoms with E-state index < -0.39 is 5.76 Å². The molecule has 0 spiro atoms. The lowest BCUT2D eigenvalue weighted by Gasteiger charge is -2.07. The molecule has 3 N–H and O–H groups in total. The van der Waals surface area contributed by atoms with Crippen LogP contribution >= 0.6 is 24.0 Å². The maximum Gasteiger partial charge on any atom is 0.288 e. The standard InChI is InChI=1S/C15H12F2N2OS2/c16-15(17)22-12-7-5-11(6-8-12)19-14(20)10-3-1-9(2-4-10)13(18)21/h1-8,15H,(H2,18,21)(H,19,20). The molecule has 0 atom stereocenters. The van der Waals surface area contributed by atoms with E-state index in [0.29, 0.717) is 33.5 Å². The molecule has 0 heterocycles. The number of nitrogens with one attached hydrogen (secondary N) is 1. The summed E-state index contributed by atoms with van der Waals surface area (Å²) in [5.41, 5.74) is 7.15. The summed E-state index contributed by atoms with van der Waals surface area (Å²) in [5, 5.41) is 2.69. The maximum absolute atomic E-state index is 12.2. The van der Waals surface area contributed by atoms with Gasteiger partial charge in [-0.25, -0.2) is 0 Å². The fraction of sp³-hybridized carbons (Fsp3) is 0.0667. The van der Waals surface area contributed by atoms with Crippen LogP contribution in [0.15, 0.2) is 53.4 Å². The quantitative estimate of drug-likeness (QED) is 0.641. The van der Waals surface area contributed by atoms with Gasteiger partial charge in [-0.15, -0.1) is 0 Å². The van der Waals surface area contributed by atoms with Crippen molar-refractivity contribution in [3.8, 4) is 0 Å². The minimum absolute atomic E-state index is 0.263. The van der Waals surface area contributed by atoms with E-state index in [2.05, 4.69) is 5.32 Å². The molecule has 0 aliphatic carbocycles. The molecule has 2 aromatic carbocycles. The van der Waals surface area contributed by atoms with E-state index in [9.17, 15) is 13.6 Å². The highest BCUT2D eigenvalue weighted by Crippen LogP contribution is 2.26. The molecule has 0 aromatic heterocycles. The number of amides is 1. The number of thioether (sulfide) groups is 1. The molecule has 0 saturated heterocycles. The van der Waals surface area contributed by atoms with Crippen LogP contribution in [0, 0.1) is 0 Å². The van der Waals surface area contributed by atoms with Crippen molar-refractivity contribution in [2.24, 2.45) is 5.73 Å². The van der Waals surface area contributed by atoms with Gasteiger partial charge in [-0.2, -0.15) is 8.78 Å². The second kappa shape index (κ2) is 7.33. The van der Waals surface area contributed by atoms with Crippen LogP contribution in [0.1, 0.15) is 15.9 Å². The molecular formula is C15H12F2N2OS2. The molecule has 0 unspecified atom stereocenters. The van der Waals surface area contributed by atoms with Gasteiger partial charge >= 0.3 is 0 Å². The first-order valence-corrected chi connectivity index (χ1v) is 7.50. The number of rotatable bonds is 5. The second-order valence-electron chi connectivity index (χ2n) is 4.30. The first kappa shape index (κ1) is 16.4. The van der Waals surface area contributed by atoms with Crippen LogP contribution < -0.4 is 11.1 Å². The molecular weight excluding hydrogens is 326 g/mol. The van der Waals surface area contributed by atoms with Crippen LogP contribution in [0.3, 0.4) is 0 Å². The van der Waals surface area contributed by atoms with Crippen LogP contribution in [0.2, 0.25) is 0 Å². The Kier molecular flexibility index (Phi) is 5.46. The second-order valence-corrected chi connectivity index (χ2v) is 5.80. The number of hydrogen-bond acceptors (Lipinski definition) is 3. The average molecular weight is 338 g/mol. The van der Waals surface area contributed by atoms with E-state index in [1.54, 1.807) is 36.4 Å². The third-order valence-electron chi connectivity index (χ3n) is 2.77. The number of nitrogens with two attached hydrogens (primary N) is 1. The fourth-order valence-electron chi connectivity index (χ4n) is 1.71. The molecule has 0 saturated carbocycles. The van der Waals surface area contributed by atoms with Gasteiger partial charge in [-0.1, -0.05) is 36.1 Å². The fourth-order valence-corrected chi connectivity index (χ4v) is 2.34. The highest BCUT2D eigenvalue weighted by molar-refractivity contribution is 7.99. The molecule has 3 nitrogen and oxygen atoms in total. The van der Waals surface area contributed by atoms with Crippen molar-refractivity contribution in [2.75, 3.05) is 5.32 Å². The van der Waals surface area contributed by atoms with Crippen molar-refractivity contribution in [1.29, 1.82) is 0 Å². The SMILES string of the molecule is NC(=S)c1ccc(C(=O)Nc2ccc(SC(F)F)cc2)cc1. The number of hydrogen-bond donors (Lipinski definition) is 2. The van der Waals surface area contributed by atoms with Crippen molar-refractivity contribution in [2.45, 2.75) is 10.7 Å². The molecule has 2 rings (SSSR count). The highest BCUT2D eigenvalue weighted by atomic mass is 32.2. The summed E-state index contributed by atoms with van der Waals surface area (Å²) in [7, 11) is 0. The molecule has 0 radical (unpaired) electrons. The summed E-state index contributed by atoms with van der Waals surface area (Å²) in [6, 6.07) is 12.8. The van der Waals surface area contributed by atoms with Crippen molar-refractivity contribution < 1.29 is 13.6 Å². The number of carbonyl (C=O) groups is 1. The van der Waals surface area contributed by atoms with Crippen molar-refractivity contribution in [3.05, 3.63) is 59.7 Å². The Morgan fingerprint density at radius 3 is 2.09 bits per heavy atom. The van der Waals surface area contributed by atoms with Gasteiger partial charge in [0.1, 0.15) is 4.99 Å². The van der Waals surface area contributed by atoms with Gasteiger partial charge in [-0.05, 0) is 36.4 Å². The maximum atomic E-state index is 12.2. The van der Waals surface area contributed by atoms with Crippen LogP contribution in [-0.4, -0.2) is 16.7 Å². The summed E-state index contributed by atoms with van der Waals surface area (Å²) in [6.07, 6.45) is 0. The van der Waals surface area contributed by atoms with Crippen LogP contribution in [0.25, 0.3) is 0 Å². The Bertz CT molecular complexity index is 673. The summed E-state index contributed by atoms with van der Waals surface area (Å²) in [5.74, 6) is -2.77. The first-order chi connectivity index (χ1) is 10.5. The van der Waals surface area contributed by atoms with E-state index in [1.807, 2.05) is 0 Å². The van der Waals surface area contributed by atoms with E-state index in [1.165, 1.54) is 12.1 Å². The summed E-state index contributed by atoms with van der Waals surface area (Å²) >= 11 is 5.30. The van der Waals surface area contributed by atoms with E-state index >= 15 is 0 Å². The molecule has 0 aliphatic heterocycles. The number of anilines is 1. The molecule has 1 amide bonds. The third-order valence-corrected chi connectivity index (χ3v) is 3.73. The third kappa shape index (κ3) is 4.51. The largest absolute Gasteiger partial charge is 0.389 e. The van der Waals surface area contributed by atoms with Gasteiger partial charge in [0.25, 0.3) is 11.7 Å². The lowest BCUT2D eigenvalue weighted by atomic mass is 10.1. The van der Waals surface area contributed by atoms with Gasteiger partial charge in [0.05, 0.1) is 0 Å². The summed E-state index contributed by atoms with van der Waals surface area (Å²) < 4.78 is 24.4. The predicted octanol–water partition coefficient (Wildman–Crippen LogP) is 3.89. The molecule has 0 bridgehead atoms. The van der Waals surface area contributed by atoms with Gasteiger partial charge < -0.3 is 11.1 Å². The zero-order valence-electron chi connectivity index (χ0n) is 11.3. The lowest BCUT2D eigenvalue weighted by Crippen LogP contribution is -2.13. The first-order valence-electron chi connectivity index (χ1n) is 6.22. The van der Waals surface area contributed by atoms with Crippen LogP contribution in [-0.2, 0) is 0 Å². The summed E-state index contributed by atoms with van der Waals surface area (Å²) in [6.45, 7) is 0. The minimum Gasteiger partial charge on any atom is -0.389 e. The van der Waals surface area contributed by atoms with Gasteiger partial charge in [0.15, 0.2) is 0 Å². The van der Waals surface area contributed by atoms with Crippen molar-refractivity contribution in [3.63, 3.8) is 0 Å². The Morgan fingerprint density at radius 1 is 1.05 bits per heavy atom. The monoisotopic (exact) mass is 338 g/mol. The van der Waals surface area contributed by atoms with E-state index in [-0.39, 0.29) is 10.9 Å². The van der Waals surface area contributed by atoms with Crippen LogP contribution in [0.4, 0.5) is 14.5 Å². The van der Waals surface area contributed by atoms with E-state index in [0.717, 1.165) is 0 Å². The molecule has 0 fully saturated rings. The van der Waals surface area contributed by atoms with Gasteiger partial charge in [0, 0.05) is 21.7 Å². The Labute approximate surface area is 135 Å². The Morgan fingerprint density at radius 2 is 1.59 bits per heavy atom. The average Bonchev–Trinajstić information content (AvgIpc) is 2.49. The zero-order valence-corrected chi connectivity index (χ0v) is 12.9. The molecule has 2 aromatic rings. The highest BCUT2D eigenvalue weighted by Gasteiger charge is 2.08. The number of thiocarbonyl (C=S) groups is 1.